The largest absolute Gasteiger partial charge is 0.364 e. The third-order valence-corrected chi connectivity index (χ3v) is 2.62. The van der Waals surface area contributed by atoms with Gasteiger partial charge in [-0.05, 0) is 12.1 Å². The highest BCUT2D eigenvalue weighted by Gasteiger charge is 2.07. The van der Waals surface area contributed by atoms with Crippen LogP contribution in [-0.4, -0.2) is 20.9 Å². The fourth-order valence-electron chi connectivity index (χ4n) is 1.78. The molecule has 0 fully saturated rings. The van der Waals surface area contributed by atoms with Crippen molar-refractivity contribution in [3.8, 4) is 0 Å². The van der Waals surface area contributed by atoms with Crippen molar-refractivity contribution in [2.45, 2.75) is 0 Å². The van der Waals surface area contributed by atoms with E-state index in [4.69, 9.17) is 5.73 Å². The van der Waals surface area contributed by atoms with Gasteiger partial charge in [-0.2, -0.15) is 0 Å². The second-order valence-corrected chi connectivity index (χ2v) is 3.67. The maximum atomic E-state index is 11.1. The summed E-state index contributed by atoms with van der Waals surface area (Å²) in [5.74, 6) is -0.548. The van der Waals surface area contributed by atoms with E-state index >= 15 is 0 Å². The molecule has 3 aromatic rings. The quantitative estimate of drug-likeness (QED) is 0.631. The van der Waals surface area contributed by atoms with Gasteiger partial charge in [0.2, 0.25) is 0 Å². The smallest absolute Gasteiger partial charge is 0.267 e. The lowest BCUT2D eigenvalue weighted by Crippen LogP contribution is -2.12. The van der Waals surface area contributed by atoms with Crippen molar-refractivity contribution in [1.29, 1.82) is 0 Å². The average Bonchev–Trinajstić information content (AvgIpc) is 2.38. The zero-order valence-corrected chi connectivity index (χ0v) is 8.79. The topological polar surface area (TPSA) is 81.8 Å². The number of hydrogen-bond acceptors (Lipinski definition) is 4. The van der Waals surface area contributed by atoms with Gasteiger partial charge < -0.3 is 5.73 Å². The Kier molecular flexibility index (Phi) is 1.98. The summed E-state index contributed by atoms with van der Waals surface area (Å²) in [6.45, 7) is 0. The number of rotatable bonds is 1. The van der Waals surface area contributed by atoms with Gasteiger partial charge in [0, 0.05) is 34.7 Å². The number of hydrogen-bond donors (Lipinski definition) is 1. The third-order valence-electron chi connectivity index (χ3n) is 2.62. The average molecular weight is 224 g/mol. The monoisotopic (exact) mass is 224 g/mol. The molecule has 0 atom stereocenters. The molecule has 0 bridgehead atoms. The SMILES string of the molecule is NC(=O)c1cc2c(cn1)ncc1ccncc12. The molecule has 1 amide bonds. The van der Waals surface area contributed by atoms with Crippen molar-refractivity contribution in [1.82, 2.24) is 15.0 Å². The molecule has 0 saturated carbocycles. The predicted octanol–water partition coefficient (Wildman–Crippen LogP) is 1.28. The Morgan fingerprint density at radius 3 is 2.82 bits per heavy atom. The predicted molar refractivity (Wildman–Crippen MR) is 63.4 cm³/mol. The fourth-order valence-corrected chi connectivity index (χ4v) is 1.78. The molecule has 3 rings (SSSR count). The van der Waals surface area contributed by atoms with Crippen molar-refractivity contribution in [2.24, 2.45) is 5.73 Å². The van der Waals surface area contributed by atoms with Gasteiger partial charge >= 0.3 is 0 Å². The Bertz CT molecular complexity index is 739. The van der Waals surface area contributed by atoms with Crippen molar-refractivity contribution in [3.05, 3.63) is 42.6 Å². The van der Waals surface area contributed by atoms with Crippen LogP contribution in [0.1, 0.15) is 10.5 Å². The Morgan fingerprint density at radius 2 is 2.00 bits per heavy atom. The molecule has 17 heavy (non-hydrogen) atoms. The van der Waals surface area contributed by atoms with Gasteiger partial charge in [0.1, 0.15) is 5.69 Å². The third kappa shape index (κ3) is 1.48. The van der Waals surface area contributed by atoms with Crippen LogP contribution in [0.3, 0.4) is 0 Å². The molecule has 0 spiro atoms. The van der Waals surface area contributed by atoms with Gasteiger partial charge in [0.15, 0.2) is 0 Å². The summed E-state index contributed by atoms with van der Waals surface area (Å²) in [6, 6.07) is 3.51. The highest BCUT2D eigenvalue weighted by Crippen LogP contribution is 2.22. The molecule has 0 saturated heterocycles. The maximum Gasteiger partial charge on any atom is 0.267 e. The first-order chi connectivity index (χ1) is 8.25. The Balaban J connectivity index is 2.46. The number of nitrogens with zero attached hydrogens (tertiary/aromatic N) is 3. The number of carbonyl (C=O) groups excluding carboxylic acids is 1. The van der Waals surface area contributed by atoms with Gasteiger partial charge in [-0.15, -0.1) is 0 Å². The van der Waals surface area contributed by atoms with Crippen LogP contribution in [0, 0.1) is 0 Å². The van der Waals surface area contributed by atoms with Crippen LogP contribution in [-0.2, 0) is 0 Å². The zero-order valence-electron chi connectivity index (χ0n) is 8.79. The molecule has 0 aliphatic heterocycles. The van der Waals surface area contributed by atoms with Crippen molar-refractivity contribution in [3.63, 3.8) is 0 Å². The molecular formula is C12H8N4O. The number of carbonyl (C=O) groups is 1. The van der Waals surface area contributed by atoms with E-state index < -0.39 is 5.91 Å². The summed E-state index contributed by atoms with van der Waals surface area (Å²) in [5.41, 5.74) is 6.16. The Labute approximate surface area is 96.3 Å². The molecule has 0 unspecified atom stereocenters. The van der Waals surface area contributed by atoms with Crippen molar-refractivity contribution >= 4 is 27.6 Å². The first-order valence-corrected chi connectivity index (χ1v) is 5.04. The lowest BCUT2D eigenvalue weighted by Gasteiger charge is -2.03. The summed E-state index contributed by atoms with van der Waals surface area (Å²) in [6.07, 6.45) is 6.74. The molecule has 0 radical (unpaired) electrons. The lowest BCUT2D eigenvalue weighted by atomic mass is 10.1. The fraction of sp³-hybridized carbons (Fsp3) is 0. The summed E-state index contributed by atoms with van der Waals surface area (Å²) in [7, 11) is 0. The van der Waals surface area contributed by atoms with E-state index in [9.17, 15) is 4.79 Å². The van der Waals surface area contributed by atoms with E-state index in [2.05, 4.69) is 15.0 Å². The number of nitrogens with two attached hydrogens (primary N) is 1. The first kappa shape index (κ1) is 9.65. The van der Waals surface area contributed by atoms with E-state index in [0.29, 0.717) is 0 Å². The maximum absolute atomic E-state index is 11.1. The normalized spacial score (nSPS) is 10.8. The Hall–Kier alpha value is -2.56. The van der Waals surface area contributed by atoms with Crippen LogP contribution >= 0.6 is 0 Å². The number of amides is 1. The summed E-state index contributed by atoms with van der Waals surface area (Å²) < 4.78 is 0. The molecule has 0 aromatic carbocycles. The molecular weight excluding hydrogens is 216 g/mol. The lowest BCUT2D eigenvalue weighted by molar-refractivity contribution is 0.0996. The van der Waals surface area contributed by atoms with Crippen molar-refractivity contribution < 1.29 is 4.79 Å². The molecule has 82 valence electrons. The van der Waals surface area contributed by atoms with E-state index in [1.165, 1.54) is 0 Å². The van der Waals surface area contributed by atoms with Crippen LogP contribution in [0.15, 0.2) is 36.9 Å². The number of fused-ring (bicyclic) bond motifs is 3. The summed E-state index contributed by atoms with van der Waals surface area (Å²) in [4.78, 5) is 23.4. The van der Waals surface area contributed by atoms with E-state index in [-0.39, 0.29) is 5.69 Å². The molecule has 2 N–H and O–H groups in total. The van der Waals surface area contributed by atoms with Gasteiger partial charge in [-0.1, -0.05) is 0 Å². The highest BCUT2D eigenvalue weighted by atomic mass is 16.1. The minimum absolute atomic E-state index is 0.232. The standard InChI is InChI=1S/C12H8N4O/c13-12(17)10-3-8-9-5-14-2-1-7(9)4-15-11(8)6-16-10/h1-6H,(H2,13,17). The Morgan fingerprint density at radius 1 is 1.12 bits per heavy atom. The second kappa shape index (κ2) is 3.48. The summed E-state index contributed by atoms with van der Waals surface area (Å²) >= 11 is 0. The van der Waals surface area contributed by atoms with Gasteiger partial charge in [-0.3, -0.25) is 14.8 Å². The van der Waals surface area contributed by atoms with Crippen LogP contribution in [0.2, 0.25) is 0 Å². The van der Waals surface area contributed by atoms with E-state index in [1.54, 1.807) is 30.9 Å². The summed E-state index contributed by atoms with van der Waals surface area (Å²) in [5, 5.41) is 2.73. The molecule has 0 aliphatic rings. The molecule has 3 heterocycles. The van der Waals surface area contributed by atoms with Gasteiger partial charge in [0.25, 0.3) is 5.91 Å². The van der Waals surface area contributed by atoms with E-state index in [1.807, 2.05) is 6.07 Å². The van der Waals surface area contributed by atoms with E-state index in [0.717, 1.165) is 21.7 Å². The minimum Gasteiger partial charge on any atom is -0.364 e. The molecule has 0 aliphatic carbocycles. The van der Waals surface area contributed by atoms with Crippen LogP contribution in [0.5, 0.6) is 0 Å². The molecule has 3 aromatic heterocycles. The van der Waals surface area contributed by atoms with Gasteiger partial charge in [-0.25, -0.2) is 4.98 Å². The number of pyridine rings is 3. The van der Waals surface area contributed by atoms with Crippen molar-refractivity contribution in [2.75, 3.05) is 0 Å². The van der Waals surface area contributed by atoms with Gasteiger partial charge in [0.05, 0.1) is 11.7 Å². The van der Waals surface area contributed by atoms with Crippen LogP contribution in [0.25, 0.3) is 21.7 Å². The number of primary amides is 1. The first-order valence-electron chi connectivity index (χ1n) is 5.04. The van der Waals surface area contributed by atoms with Crippen LogP contribution < -0.4 is 5.73 Å². The minimum atomic E-state index is -0.548. The molecule has 5 heteroatoms. The zero-order chi connectivity index (χ0) is 11.8. The highest BCUT2D eigenvalue weighted by molar-refractivity contribution is 6.06. The second-order valence-electron chi connectivity index (χ2n) is 3.67. The number of aromatic nitrogens is 3. The van der Waals surface area contributed by atoms with Crippen LogP contribution in [0.4, 0.5) is 0 Å². The molecule has 5 nitrogen and oxygen atoms in total.